The van der Waals surface area contributed by atoms with E-state index in [2.05, 4.69) is 31.0 Å². The maximum atomic E-state index is 13.4. The van der Waals surface area contributed by atoms with Gasteiger partial charge in [-0.05, 0) is 59.0 Å². The minimum absolute atomic E-state index is 0.0310. The average Bonchev–Trinajstić information content (AvgIpc) is 3.45. The number of primary amides is 1. The van der Waals surface area contributed by atoms with E-state index in [-0.39, 0.29) is 16.9 Å². The van der Waals surface area contributed by atoms with Crippen molar-refractivity contribution in [3.8, 4) is 11.4 Å². The SMILES string of the molecule is CC(C)(C)c1ccc2c(=O)n(-c3cccc(-n4cc(C(N)=O)c(Cc5ccc(C(=O)N6CCOCC6)cc5)n4)c3)ncc2c1. The quantitative estimate of drug-likeness (QED) is 0.318. The van der Waals surface area contributed by atoms with E-state index in [0.717, 1.165) is 16.5 Å². The Morgan fingerprint density at radius 1 is 0.955 bits per heavy atom. The maximum Gasteiger partial charge on any atom is 0.279 e. The molecule has 5 aromatic rings. The van der Waals surface area contributed by atoms with Crippen molar-refractivity contribution in [3.05, 3.63) is 117 Å². The van der Waals surface area contributed by atoms with Gasteiger partial charge in [-0.3, -0.25) is 14.4 Å². The molecule has 2 amide bonds. The van der Waals surface area contributed by atoms with Crippen molar-refractivity contribution in [1.29, 1.82) is 0 Å². The number of ether oxygens (including phenoxy) is 1. The Morgan fingerprint density at radius 2 is 1.68 bits per heavy atom. The van der Waals surface area contributed by atoms with Crippen molar-refractivity contribution in [2.24, 2.45) is 5.73 Å². The summed E-state index contributed by atoms with van der Waals surface area (Å²) in [4.78, 5) is 40.4. The van der Waals surface area contributed by atoms with E-state index in [4.69, 9.17) is 10.5 Å². The van der Waals surface area contributed by atoms with E-state index in [1.807, 2.05) is 36.4 Å². The molecule has 3 aromatic carbocycles. The molecule has 1 fully saturated rings. The van der Waals surface area contributed by atoms with Crippen molar-refractivity contribution in [3.63, 3.8) is 0 Å². The number of amides is 2. The Balaban J connectivity index is 1.27. The summed E-state index contributed by atoms with van der Waals surface area (Å²) in [6.45, 7) is 8.62. The van der Waals surface area contributed by atoms with Gasteiger partial charge in [0.25, 0.3) is 17.4 Å². The van der Waals surface area contributed by atoms with E-state index >= 15 is 0 Å². The van der Waals surface area contributed by atoms with Gasteiger partial charge in [0.15, 0.2) is 0 Å². The number of morpholine rings is 1. The predicted molar refractivity (Wildman–Crippen MR) is 168 cm³/mol. The molecule has 224 valence electrons. The molecular formula is C34H34N6O4. The zero-order chi connectivity index (χ0) is 31.0. The summed E-state index contributed by atoms with van der Waals surface area (Å²) in [5, 5.41) is 10.5. The lowest BCUT2D eigenvalue weighted by atomic mass is 9.86. The van der Waals surface area contributed by atoms with Crippen LogP contribution in [0.15, 0.2) is 83.9 Å². The molecule has 6 rings (SSSR count). The molecule has 1 aliphatic heterocycles. The Labute approximate surface area is 254 Å². The topological polar surface area (TPSA) is 125 Å². The van der Waals surface area contributed by atoms with Gasteiger partial charge >= 0.3 is 0 Å². The number of fused-ring (bicyclic) bond motifs is 1. The third-order valence-corrected chi connectivity index (χ3v) is 7.92. The molecule has 44 heavy (non-hydrogen) atoms. The summed E-state index contributed by atoms with van der Waals surface area (Å²) < 4.78 is 8.28. The fourth-order valence-corrected chi connectivity index (χ4v) is 5.35. The first-order valence-corrected chi connectivity index (χ1v) is 14.6. The van der Waals surface area contributed by atoms with Crippen LogP contribution in [0.5, 0.6) is 0 Å². The van der Waals surface area contributed by atoms with Crippen LogP contribution in [0.4, 0.5) is 0 Å². The maximum absolute atomic E-state index is 13.4. The molecule has 0 unspecified atom stereocenters. The fraction of sp³-hybridized carbons (Fsp3) is 0.265. The van der Waals surface area contributed by atoms with Crippen molar-refractivity contribution in [1.82, 2.24) is 24.5 Å². The first-order chi connectivity index (χ1) is 21.1. The lowest BCUT2D eigenvalue weighted by Gasteiger charge is -2.26. The molecule has 0 atom stereocenters. The summed E-state index contributed by atoms with van der Waals surface area (Å²) in [5.74, 6) is -0.625. The highest BCUT2D eigenvalue weighted by molar-refractivity contribution is 5.95. The van der Waals surface area contributed by atoms with E-state index < -0.39 is 5.91 Å². The van der Waals surface area contributed by atoms with Crippen LogP contribution in [0.2, 0.25) is 0 Å². The van der Waals surface area contributed by atoms with Crippen LogP contribution in [0, 0.1) is 0 Å². The smallest absolute Gasteiger partial charge is 0.279 e. The molecule has 10 nitrogen and oxygen atoms in total. The number of carbonyl (C=O) groups excluding carboxylic acids is 2. The molecular weight excluding hydrogens is 556 g/mol. The molecule has 1 saturated heterocycles. The number of nitrogens with zero attached hydrogens (tertiary/aromatic N) is 5. The highest BCUT2D eigenvalue weighted by Crippen LogP contribution is 2.25. The molecule has 2 aromatic heterocycles. The highest BCUT2D eigenvalue weighted by Gasteiger charge is 2.20. The van der Waals surface area contributed by atoms with Crippen LogP contribution < -0.4 is 11.3 Å². The molecule has 0 radical (unpaired) electrons. The lowest BCUT2D eigenvalue weighted by Crippen LogP contribution is -2.40. The van der Waals surface area contributed by atoms with Crippen LogP contribution in [-0.2, 0) is 16.6 Å². The number of rotatable bonds is 6. The molecule has 0 saturated carbocycles. The Hall–Kier alpha value is -5.09. The molecule has 1 aliphatic rings. The standard InChI is InChI=1S/C34H34N6O4/c1-34(2,3)25-11-12-28-24(18-25)20-36-40(33(28)43)27-6-4-5-26(19-27)39-21-29(31(35)41)30(37-39)17-22-7-9-23(10-8-22)32(42)38-13-15-44-16-14-38/h4-12,18-21H,13-17H2,1-3H3,(H2,35,41). The van der Waals surface area contributed by atoms with Crippen molar-refractivity contribution in [2.75, 3.05) is 26.3 Å². The van der Waals surface area contributed by atoms with Crippen LogP contribution in [0.3, 0.4) is 0 Å². The van der Waals surface area contributed by atoms with Gasteiger partial charge in [-0.1, -0.05) is 45.0 Å². The second-order valence-electron chi connectivity index (χ2n) is 12.0. The summed E-state index contributed by atoms with van der Waals surface area (Å²) in [7, 11) is 0. The Bertz CT molecular complexity index is 1930. The summed E-state index contributed by atoms with van der Waals surface area (Å²) in [6.07, 6.45) is 3.65. The number of nitrogens with two attached hydrogens (primary N) is 1. The first-order valence-electron chi connectivity index (χ1n) is 14.6. The Morgan fingerprint density at radius 3 is 2.39 bits per heavy atom. The van der Waals surface area contributed by atoms with Gasteiger partial charge < -0.3 is 15.4 Å². The van der Waals surface area contributed by atoms with Gasteiger partial charge in [-0.2, -0.15) is 14.9 Å². The first kappa shape index (κ1) is 29.0. The predicted octanol–water partition coefficient (Wildman–Crippen LogP) is 4.03. The normalized spacial score (nSPS) is 13.8. The minimum Gasteiger partial charge on any atom is -0.378 e. The molecule has 0 spiro atoms. The molecule has 0 bridgehead atoms. The van der Waals surface area contributed by atoms with E-state index in [1.54, 1.807) is 52.3 Å². The lowest BCUT2D eigenvalue weighted by molar-refractivity contribution is 0.0303. The van der Waals surface area contributed by atoms with Crippen molar-refractivity contribution < 1.29 is 14.3 Å². The minimum atomic E-state index is -0.594. The number of hydrogen-bond acceptors (Lipinski definition) is 6. The fourth-order valence-electron chi connectivity index (χ4n) is 5.35. The number of carbonyl (C=O) groups is 2. The zero-order valence-electron chi connectivity index (χ0n) is 25.0. The summed E-state index contributed by atoms with van der Waals surface area (Å²) in [5.41, 5.74) is 10.1. The van der Waals surface area contributed by atoms with Crippen LogP contribution in [0.1, 0.15) is 58.3 Å². The van der Waals surface area contributed by atoms with Gasteiger partial charge in [-0.15, -0.1) is 0 Å². The van der Waals surface area contributed by atoms with Gasteiger partial charge in [0.1, 0.15) is 0 Å². The summed E-state index contributed by atoms with van der Waals surface area (Å²) >= 11 is 0. The largest absolute Gasteiger partial charge is 0.378 e. The van der Waals surface area contributed by atoms with E-state index in [0.29, 0.717) is 66.3 Å². The highest BCUT2D eigenvalue weighted by atomic mass is 16.5. The average molecular weight is 591 g/mol. The molecule has 0 aliphatic carbocycles. The molecule has 2 N–H and O–H groups in total. The van der Waals surface area contributed by atoms with Crippen molar-refractivity contribution >= 4 is 22.6 Å². The second kappa shape index (κ2) is 11.5. The van der Waals surface area contributed by atoms with E-state index in [9.17, 15) is 14.4 Å². The van der Waals surface area contributed by atoms with Crippen molar-refractivity contribution in [2.45, 2.75) is 32.6 Å². The van der Waals surface area contributed by atoms with Crippen LogP contribution in [0.25, 0.3) is 22.1 Å². The van der Waals surface area contributed by atoms with Gasteiger partial charge in [0, 0.05) is 36.7 Å². The second-order valence-corrected chi connectivity index (χ2v) is 12.0. The van der Waals surface area contributed by atoms with E-state index in [1.165, 1.54) is 4.68 Å². The molecule has 3 heterocycles. The number of hydrogen-bond donors (Lipinski definition) is 1. The number of benzene rings is 3. The van der Waals surface area contributed by atoms with Crippen LogP contribution in [-0.4, -0.2) is 62.6 Å². The van der Waals surface area contributed by atoms with Crippen LogP contribution >= 0.6 is 0 Å². The van der Waals surface area contributed by atoms with Gasteiger partial charge in [-0.25, -0.2) is 4.68 Å². The Kier molecular flexibility index (Phi) is 7.60. The molecule has 10 heteroatoms. The third-order valence-electron chi connectivity index (χ3n) is 7.92. The number of aromatic nitrogens is 4. The third kappa shape index (κ3) is 5.76. The summed E-state index contributed by atoms with van der Waals surface area (Å²) in [6, 6.07) is 20.4. The monoisotopic (exact) mass is 590 g/mol. The van der Waals surface area contributed by atoms with Gasteiger partial charge in [0.05, 0.1) is 47.4 Å². The van der Waals surface area contributed by atoms with Gasteiger partial charge in [0.2, 0.25) is 0 Å². The zero-order valence-corrected chi connectivity index (χ0v) is 25.0.